The lowest BCUT2D eigenvalue weighted by Crippen LogP contribution is -2.54. The molecule has 2 heterocycles. The highest BCUT2D eigenvalue weighted by molar-refractivity contribution is 7.10. The van der Waals surface area contributed by atoms with E-state index in [-0.39, 0.29) is 30.3 Å². The molecule has 1 aliphatic rings. The monoisotopic (exact) mass is 252 g/mol. The molecule has 92 valence electrons. The second kappa shape index (κ2) is 4.49. The van der Waals surface area contributed by atoms with Crippen LogP contribution in [0.5, 0.6) is 0 Å². The Morgan fingerprint density at radius 3 is 2.88 bits per heavy atom. The summed E-state index contributed by atoms with van der Waals surface area (Å²) in [6, 6.07) is 4.08. The summed E-state index contributed by atoms with van der Waals surface area (Å²) in [5.74, 6) is -0.0826. The zero-order valence-electron chi connectivity index (χ0n) is 10.0. The molecule has 1 N–H and O–H groups in total. The molecule has 0 unspecified atom stereocenters. The Morgan fingerprint density at radius 2 is 2.24 bits per heavy atom. The molecule has 0 aromatic carbocycles. The predicted molar refractivity (Wildman–Crippen MR) is 66.9 cm³/mol. The molecular formula is C12H16N2O2S. The molecule has 17 heavy (non-hydrogen) atoms. The van der Waals surface area contributed by atoms with Crippen molar-refractivity contribution in [3.63, 3.8) is 0 Å². The molecule has 5 heteroatoms. The molecule has 0 bridgehead atoms. The summed E-state index contributed by atoms with van der Waals surface area (Å²) in [5.41, 5.74) is -0.110. The highest BCUT2D eigenvalue weighted by Crippen LogP contribution is 2.28. The Labute approximate surface area is 105 Å². The first-order valence-corrected chi connectivity index (χ1v) is 6.45. The summed E-state index contributed by atoms with van der Waals surface area (Å²) in [6.07, 6.45) is 0. The number of amides is 2. The van der Waals surface area contributed by atoms with E-state index in [1.54, 1.807) is 16.2 Å². The van der Waals surface area contributed by atoms with Gasteiger partial charge in [0.1, 0.15) is 0 Å². The third-order valence-electron chi connectivity index (χ3n) is 2.90. The first kappa shape index (κ1) is 12.1. The van der Waals surface area contributed by atoms with Gasteiger partial charge in [-0.1, -0.05) is 19.9 Å². The van der Waals surface area contributed by atoms with Gasteiger partial charge >= 0.3 is 0 Å². The van der Waals surface area contributed by atoms with E-state index in [2.05, 4.69) is 25.2 Å². The number of rotatable bonds is 3. The SMILES string of the molecule is CC(C)(CN1CC(=O)NCC1=O)c1cccs1. The second-order valence-corrected chi connectivity index (χ2v) is 5.84. The molecule has 0 spiro atoms. The molecule has 0 atom stereocenters. The Bertz CT molecular complexity index is 426. The van der Waals surface area contributed by atoms with Crippen molar-refractivity contribution in [1.29, 1.82) is 0 Å². The lowest BCUT2D eigenvalue weighted by atomic mass is 9.90. The summed E-state index contributed by atoms with van der Waals surface area (Å²) in [4.78, 5) is 25.9. The molecule has 1 aromatic heterocycles. The van der Waals surface area contributed by atoms with Gasteiger partial charge in [-0.25, -0.2) is 0 Å². The van der Waals surface area contributed by atoms with Crippen LogP contribution in [0.4, 0.5) is 0 Å². The predicted octanol–water partition coefficient (Wildman–Crippen LogP) is 0.984. The van der Waals surface area contributed by atoms with E-state index in [0.717, 1.165) is 0 Å². The van der Waals surface area contributed by atoms with E-state index in [1.807, 2.05) is 11.4 Å². The van der Waals surface area contributed by atoms with Crippen molar-refractivity contribution in [2.45, 2.75) is 19.3 Å². The molecule has 0 saturated carbocycles. The van der Waals surface area contributed by atoms with Gasteiger partial charge < -0.3 is 10.2 Å². The Morgan fingerprint density at radius 1 is 1.47 bits per heavy atom. The Kier molecular flexibility index (Phi) is 3.19. The van der Waals surface area contributed by atoms with Crippen molar-refractivity contribution in [1.82, 2.24) is 10.2 Å². The lowest BCUT2D eigenvalue weighted by Gasteiger charge is -2.34. The molecule has 2 rings (SSSR count). The normalized spacial score (nSPS) is 17.2. The van der Waals surface area contributed by atoms with Gasteiger partial charge in [0, 0.05) is 16.8 Å². The van der Waals surface area contributed by atoms with Crippen LogP contribution in [0.2, 0.25) is 0 Å². The third kappa shape index (κ3) is 2.66. The van der Waals surface area contributed by atoms with Crippen molar-refractivity contribution in [2.24, 2.45) is 0 Å². The summed E-state index contributed by atoms with van der Waals surface area (Å²) in [5, 5.41) is 4.58. The van der Waals surface area contributed by atoms with Crippen molar-refractivity contribution in [2.75, 3.05) is 19.6 Å². The Balaban J connectivity index is 2.09. The minimum absolute atomic E-state index is 0.00534. The smallest absolute Gasteiger partial charge is 0.242 e. The maximum atomic E-state index is 11.7. The largest absolute Gasteiger partial charge is 0.345 e. The van der Waals surface area contributed by atoms with Gasteiger partial charge in [0.2, 0.25) is 11.8 Å². The van der Waals surface area contributed by atoms with Crippen LogP contribution in [0.3, 0.4) is 0 Å². The molecule has 1 aliphatic heterocycles. The molecular weight excluding hydrogens is 236 g/mol. The zero-order chi connectivity index (χ0) is 12.5. The van der Waals surface area contributed by atoms with Crippen LogP contribution in [-0.2, 0) is 15.0 Å². The average molecular weight is 252 g/mol. The van der Waals surface area contributed by atoms with Crippen LogP contribution in [-0.4, -0.2) is 36.3 Å². The summed E-state index contributed by atoms with van der Waals surface area (Å²) in [6.45, 7) is 5.07. The van der Waals surface area contributed by atoms with Gasteiger partial charge in [0.05, 0.1) is 13.1 Å². The van der Waals surface area contributed by atoms with Gasteiger partial charge in [0.15, 0.2) is 0 Å². The van der Waals surface area contributed by atoms with Gasteiger partial charge in [-0.2, -0.15) is 0 Å². The lowest BCUT2D eigenvalue weighted by molar-refractivity contribution is -0.141. The molecule has 0 radical (unpaired) electrons. The quantitative estimate of drug-likeness (QED) is 0.872. The molecule has 1 fully saturated rings. The fourth-order valence-corrected chi connectivity index (χ4v) is 2.81. The van der Waals surface area contributed by atoms with Gasteiger partial charge in [-0.15, -0.1) is 11.3 Å². The van der Waals surface area contributed by atoms with E-state index in [1.165, 1.54) is 4.88 Å². The molecule has 1 saturated heterocycles. The average Bonchev–Trinajstić information content (AvgIpc) is 2.77. The first-order valence-electron chi connectivity index (χ1n) is 5.57. The number of hydrogen-bond donors (Lipinski definition) is 1. The van der Waals surface area contributed by atoms with Crippen molar-refractivity contribution in [3.8, 4) is 0 Å². The van der Waals surface area contributed by atoms with Gasteiger partial charge in [-0.05, 0) is 11.4 Å². The number of piperazine rings is 1. The number of hydrogen-bond acceptors (Lipinski definition) is 3. The minimum atomic E-state index is -0.110. The van der Waals surface area contributed by atoms with E-state index in [4.69, 9.17) is 0 Å². The fourth-order valence-electron chi connectivity index (χ4n) is 1.97. The maximum absolute atomic E-state index is 11.7. The highest BCUT2D eigenvalue weighted by Gasteiger charge is 2.30. The first-order chi connectivity index (χ1) is 7.99. The summed E-state index contributed by atoms with van der Waals surface area (Å²) < 4.78 is 0. The highest BCUT2D eigenvalue weighted by atomic mass is 32.1. The molecule has 2 amide bonds. The summed E-state index contributed by atoms with van der Waals surface area (Å²) >= 11 is 1.68. The van der Waals surface area contributed by atoms with Crippen LogP contribution < -0.4 is 5.32 Å². The number of nitrogens with zero attached hydrogens (tertiary/aromatic N) is 1. The number of carbonyl (C=O) groups excluding carboxylic acids is 2. The summed E-state index contributed by atoms with van der Waals surface area (Å²) in [7, 11) is 0. The van der Waals surface area contributed by atoms with Crippen LogP contribution in [0.25, 0.3) is 0 Å². The van der Waals surface area contributed by atoms with E-state index >= 15 is 0 Å². The van der Waals surface area contributed by atoms with Crippen LogP contribution in [0.1, 0.15) is 18.7 Å². The van der Waals surface area contributed by atoms with Gasteiger partial charge in [0.25, 0.3) is 0 Å². The Hall–Kier alpha value is -1.36. The number of nitrogens with one attached hydrogen (secondary N) is 1. The number of thiophene rings is 1. The van der Waals surface area contributed by atoms with E-state index in [0.29, 0.717) is 6.54 Å². The third-order valence-corrected chi connectivity index (χ3v) is 4.13. The van der Waals surface area contributed by atoms with E-state index < -0.39 is 0 Å². The topological polar surface area (TPSA) is 49.4 Å². The molecule has 0 aliphatic carbocycles. The van der Waals surface area contributed by atoms with Crippen molar-refractivity contribution < 1.29 is 9.59 Å². The van der Waals surface area contributed by atoms with Crippen LogP contribution in [0, 0.1) is 0 Å². The van der Waals surface area contributed by atoms with Crippen LogP contribution >= 0.6 is 11.3 Å². The second-order valence-electron chi connectivity index (χ2n) is 4.89. The zero-order valence-corrected chi connectivity index (χ0v) is 10.8. The van der Waals surface area contributed by atoms with Gasteiger partial charge in [-0.3, -0.25) is 9.59 Å². The number of carbonyl (C=O) groups is 2. The molecule has 1 aromatic rings. The standard InChI is InChI=1S/C12H16N2O2S/c1-12(2,9-4-3-5-17-9)8-14-7-10(15)13-6-11(14)16/h3-5H,6-8H2,1-2H3,(H,13,15). The maximum Gasteiger partial charge on any atom is 0.242 e. The van der Waals surface area contributed by atoms with Crippen molar-refractivity contribution >= 4 is 23.2 Å². The fraction of sp³-hybridized carbons (Fsp3) is 0.500. The van der Waals surface area contributed by atoms with Crippen LogP contribution in [0.15, 0.2) is 17.5 Å². The van der Waals surface area contributed by atoms with Crippen molar-refractivity contribution in [3.05, 3.63) is 22.4 Å². The molecule has 4 nitrogen and oxygen atoms in total. The minimum Gasteiger partial charge on any atom is -0.345 e. The van der Waals surface area contributed by atoms with E-state index in [9.17, 15) is 9.59 Å².